The van der Waals surface area contributed by atoms with Gasteiger partial charge in [0.15, 0.2) is 0 Å². The monoisotopic (exact) mass is 884 g/mol. The number of aliphatic hydroxyl groups excluding tert-OH is 1. The van der Waals surface area contributed by atoms with Gasteiger partial charge in [-0.3, -0.25) is 13.8 Å². The van der Waals surface area contributed by atoms with Crippen molar-refractivity contribution in [2.45, 2.75) is 264 Å². The molecule has 0 bridgehead atoms. The molecule has 362 valence electrons. The highest BCUT2D eigenvalue weighted by atomic mass is 31.2. The van der Waals surface area contributed by atoms with Gasteiger partial charge in [0.05, 0.1) is 39.9 Å². The molecule has 3 atom stereocenters. The second-order valence-electron chi connectivity index (χ2n) is 19.3. The number of allylic oxidation sites excluding steroid dienone is 3. The molecule has 0 aliphatic heterocycles. The molecule has 0 saturated carbocycles. The number of unbranched alkanes of at least 4 members (excludes halogenated alkanes) is 33. The van der Waals surface area contributed by atoms with E-state index in [0.717, 1.165) is 38.5 Å². The maximum Gasteiger partial charge on any atom is 0.472 e. The number of rotatable bonds is 48. The molecule has 0 aliphatic rings. The largest absolute Gasteiger partial charge is 0.472 e. The van der Waals surface area contributed by atoms with Gasteiger partial charge in [-0.1, -0.05) is 237 Å². The Labute approximate surface area is 379 Å². The third kappa shape index (κ3) is 46.8. The van der Waals surface area contributed by atoms with Crippen LogP contribution < -0.4 is 5.32 Å². The van der Waals surface area contributed by atoms with E-state index in [2.05, 4.69) is 31.3 Å². The average Bonchev–Trinajstić information content (AvgIpc) is 3.21. The first-order valence-electron chi connectivity index (χ1n) is 26.2. The molecule has 3 N–H and O–H groups in total. The zero-order valence-electron chi connectivity index (χ0n) is 41.2. The molecule has 1 amide bonds. The lowest BCUT2D eigenvalue weighted by Crippen LogP contribution is -2.45. The van der Waals surface area contributed by atoms with Crippen molar-refractivity contribution in [3.05, 3.63) is 24.3 Å². The summed E-state index contributed by atoms with van der Waals surface area (Å²) in [6, 6.07) is -0.859. The summed E-state index contributed by atoms with van der Waals surface area (Å²) in [7, 11) is 1.57. The molecule has 0 aromatic carbocycles. The Kier molecular flexibility index (Phi) is 43.5. The van der Waals surface area contributed by atoms with Crippen LogP contribution >= 0.6 is 7.82 Å². The minimum absolute atomic E-state index is 0.0585. The summed E-state index contributed by atoms with van der Waals surface area (Å²) in [6.07, 6.45) is 54.1. The molecular formula is C52H104N2O6P+. The van der Waals surface area contributed by atoms with Gasteiger partial charge in [0.25, 0.3) is 0 Å². The van der Waals surface area contributed by atoms with Crippen LogP contribution in [0.15, 0.2) is 24.3 Å². The van der Waals surface area contributed by atoms with E-state index >= 15 is 0 Å². The third-order valence-electron chi connectivity index (χ3n) is 11.9. The number of carbonyl (C=O) groups is 1. The average molecular weight is 884 g/mol. The van der Waals surface area contributed by atoms with Crippen molar-refractivity contribution in [1.29, 1.82) is 0 Å². The van der Waals surface area contributed by atoms with E-state index in [1.807, 2.05) is 27.2 Å². The van der Waals surface area contributed by atoms with E-state index in [1.54, 1.807) is 6.08 Å². The van der Waals surface area contributed by atoms with Crippen LogP contribution in [0.3, 0.4) is 0 Å². The normalized spacial score (nSPS) is 14.3. The Morgan fingerprint density at radius 2 is 0.902 bits per heavy atom. The van der Waals surface area contributed by atoms with Crippen molar-refractivity contribution in [2.75, 3.05) is 40.9 Å². The number of nitrogens with one attached hydrogen (secondary N) is 1. The second kappa shape index (κ2) is 44.2. The first kappa shape index (κ1) is 60.0. The van der Waals surface area contributed by atoms with Crippen LogP contribution in [-0.4, -0.2) is 73.4 Å². The van der Waals surface area contributed by atoms with Crippen LogP contribution in [0.4, 0.5) is 0 Å². The Morgan fingerprint density at radius 1 is 0.541 bits per heavy atom. The quantitative estimate of drug-likeness (QED) is 0.0243. The topological polar surface area (TPSA) is 105 Å². The number of quaternary nitrogens is 1. The molecule has 0 saturated heterocycles. The van der Waals surface area contributed by atoms with Crippen molar-refractivity contribution < 1.29 is 32.9 Å². The van der Waals surface area contributed by atoms with Gasteiger partial charge >= 0.3 is 7.82 Å². The van der Waals surface area contributed by atoms with Crippen molar-refractivity contribution in [3.8, 4) is 0 Å². The maximum absolute atomic E-state index is 12.9. The minimum atomic E-state index is -4.35. The highest BCUT2D eigenvalue weighted by Gasteiger charge is 2.27. The van der Waals surface area contributed by atoms with E-state index in [4.69, 9.17) is 9.05 Å². The number of phosphoric acid groups is 1. The molecular weight excluding hydrogens is 780 g/mol. The fourth-order valence-electron chi connectivity index (χ4n) is 7.77. The van der Waals surface area contributed by atoms with Crippen molar-refractivity contribution in [2.24, 2.45) is 0 Å². The highest BCUT2D eigenvalue weighted by molar-refractivity contribution is 7.47. The van der Waals surface area contributed by atoms with E-state index in [9.17, 15) is 19.4 Å². The SMILES string of the molecule is CCCCCCCCCCCC/C=C/CC/C=C/[C@@H](O)[C@H](COP(=O)(O)OCC[N+](C)(C)C)NC(=O)CCCCCCCCCCCCCCCCCCCCCCCCC. The summed E-state index contributed by atoms with van der Waals surface area (Å²) in [4.78, 5) is 23.2. The van der Waals surface area contributed by atoms with E-state index in [-0.39, 0.29) is 19.1 Å². The number of phosphoric ester groups is 1. The molecule has 0 heterocycles. The Morgan fingerprint density at radius 3 is 1.31 bits per heavy atom. The summed E-state index contributed by atoms with van der Waals surface area (Å²) in [6.45, 7) is 4.82. The van der Waals surface area contributed by atoms with Crippen LogP contribution in [0.1, 0.15) is 251 Å². The van der Waals surface area contributed by atoms with Gasteiger partial charge < -0.3 is 19.8 Å². The fourth-order valence-corrected chi connectivity index (χ4v) is 8.50. The van der Waals surface area contributed by atoms with E-state index < -0.39 is 20.0 Å². The van der Waals surface area contributed by atoms with Gasteiger partial charge in [0.2, 0.25) is 5.91 Å². The molecule has 8 nitrogen and oxygen atoms in total. The van der Waals surface area contributed by atoms with Gasteiger partial charge in [-0.05, 0) is 32.1 Å². The summed E-state index contributed by atoms with van der Waals surface area (Å²) >= 11 is 0. The first-order chi connectivity index (χ1) is 29.5. The first-order valence-corrected chi connectivity index (χ1v) is 27.7. The summed E-state index contributed by atoms with van der Waals surface area (Å²) in [5.41, 5.74) is 0. The maximum atomic E-state index is 12.9. The van der Waals surface area contributed by atoms with E-state index in [0.29, 0.717) is 17.4 Å². The molecule has 0 aromatic rings. The number of likely N-dealkylation sites (N-methyl/N-ethyl adjacent to an activating group) is 1. The van der Waals surface area contributed by atoms with Gasteiger partial charge in [-0.25, -0.2) is 4.57 Å². The zero-order chi connectivity index (χ0) is 45.0. The smallest absolute Gasteiger partial charge is 0.387 e. The van der Waals surface area contributed by atoms with Crippen molar-refractivity contribution in [1.82, 2.24) is 5.32 Å². The van der Waals surface area contributed by atoms with E-state index in [1.165, 1.54) is 193 Å². The molecule has 0 aromatic heterocycles. The van der Waals surface area contributed by atoms with Crippen LogP contribution in [0.2, 0.25) is 0 Å². The Bertz CT molecular complexity index is 1050. The minimum Gasteiger partial charge on any atom is -0.387 e. The fraction of sp³-hybridized carbons (Fsp3) is 0.904. The Balaban J connectivity index is 4.26. The van der Waals surface area contributed by atoms with Gasteiger partial charge in [0.1, 0.15) is 13.2 Å². The predicted octanol–water partition coefficient (Wildman–Crippen LogP) is 15.3. The summed E-state index contributed by atoms with van der Waals surface area (Å²) < 4.78 is 23.6. The number of hydrogen-bond acceptors (Lipinski definition) is 5. The summed E-state index contributed by atoms with van der Waals surface area (Å²) in [5, 5.41) is 13.9. The number of amides is 1. The molecule has 0 radical (unpaired) electrons. The second-order valence-corrected chi connectivity index (χ2v) is 20.7. The Hall–Kier alpha value is -1.02. The molecule has 0 fully saturated rings. The van der Waals surface area contributed by atoms with Crippen LogP contribution in [-0.2, 0) is 18.4 Å². The molecule has 61 heavy (non-hydrogen) atoms. The summed E-state index contributed by atoms with van der Waals surface area (Å²) in [5.74, 6) is -0.182. The van der Waals surface area contributed by atoms with Crippen LogP contribution in [0.25, 0.3) is 0 Å². The van der Waals surface area contributed by atoms with Gasteiger partial charge in [0, 0.05) is 6.42 Å². The standard InChI is InChI=1S/C52H103N2O6P/c1-6-8-10-12-14-16-18-20-22-24-25-26-27-28-29-30-32-34-36-38-40-42-44-46-52(56)53-50(49-60-61(57,58)59-48-47-54(3,4)5)51(55)45-43-41-39-37-35-33-31-23-21-19-17-15-13-11-9-7-2/h35,37,43,45,50-51,55H,6-34,36,38-42,44,46-49H2,1-5H3,(H-,53,56,57,58)/p+1/b37-35+,45-43+/t50-,51+/m0/s1. The van der Waals surface area contributed by atoms with Crippen molar-refractivity contribution in [3.63, 3.8) is 0 Å². The lowest BCUT2D eigenvalue weighted by atomic mass is 10.0. The number of hydrogen-bond donors (Lipinski definition) is 3. The molecule has 9 heteroatoms. The highest BCUT2D eigenvalue weighted by Crippen LogP contribution is 2.43. The number of carbonyl (C=O) groups excluding carboxylic acids is 1. The zero-order valence-corrected chi connectivity index (χ0v) is 42.1. The van der Waals surface area contributed by atoms with Crippen LogP contribution in [0, 0.1) is 0 Å². The lowest BCUT2D eigenvalue weighted by molar-refractivity contribution is -0.870. The van der Waals surface area contributed by atoms with Crippen LogP contribution in [0.5, 0.6) is 0 Å². The molecule has 0 aliphatic carbocycles. The lowest BCUT2D eigenvalue weighted by Gasteiger charge is -2.25. The van der Waals surface area contributed by atoms with Gasteiger partial charge in [-0.2, -0.15) is 0 Å². The molecule has 0 spiro atoms. The molecule has 1 unspecified atom stereocenters. The van der Waals surface area contributed by atoms with Gasteiger partial charge in [-0.15, -0.1) is 0 Å². The predicted molar refractivity (Wildman–Crippen MR) is 263 cm³/mol. The molecule has 0 rings (SSSR count). The number of nitrogens with zero attached hydrogens (tertiary/aromatic N) is 1. The number of aliphatic hydroxyl groups is 1. The third-order valence-corrected chi connectivity index (χ3v) is 12.9. The van der Waals surface area contributed by atoms with Crippen molar-refractivity contribution >= 4 is 13.7 Å².